The van der Waals surface area contributed by atoms with Crippen LogP contribution in [0.3, 0.4) is 0 Å². The van der Waals surface area contributed by atoms with Crippen LogP contribution in [-0.2, 0) is 11.3 Å². The SMILES string of the molecule is COc1ccc(CNC(=O)CCCOc2cccc(C)c2)cc1. The van der Waals surface area contributed by atoms with Crippen molar-refractivity contribution in [3.8, 4) is 11.5 Å². The minimum atomic E-state index is 0.0358. The lowest BCUT2D eigenvalue weighted by atomic mass is 10.2. The van der Waals surface area contributed by atoms with Gasteiger partial charge in [-0.1, -0.05) is 24.3 Å². The van der Waals surface area contributed by atoms with Crippen molar-refractivity contribution in [3.63, 3.8) is 0 Å². The van der Waals surface area contributed by atoms with Gasteiger partial charge in [-0.05, 0) is 48.7 Å². The molecule has 0 heterocycles. The number of carbonyl (C=O) groups is 1. The van der Waals surface area contributed by atoms with E-state index in [9.17, 15) is 4.79 Å². The van der Waals surface area contributed by atoms with E-state index in [0.29, 0.717) is 26.0 Å². The van der Waals surface area contributed by atoms with Crippen molar-refractivity contribution in [2.45, 2.75) is 26.3 Å². The molecule has 0 unspecified atom stereocenters. The number of methoxy groups -OCH3 is 1. The third kappa shape index (κ3) is 6.02. The Morgan fingerprint density at radius 3 is 2.57 bits per heavy atom. The summed E-state index contributed by atoms with van der Waals surface area (Å²) in [6.07, 6.45) is 1.16. The predicted octanol–water partition coefficient (Wildman–Crippen LogP) is 3.48. The van der Waals surface area contributed by atoms with Crippen LogP contribution in [0, 0.1) is 6.92 Å². The summed E-state index contributed by atoms with van der Waals surface area (Å²) in [7, 11) is 1.63. The van der Waals surface area contributed by atoms with Crippen LogP contribution in [0.5, 0.6) is 11.5 Å². The summed E-state index contributed by atoms with van der Waals surface area (Å²) in [6, 6.07) is 15.6. The number of hydrogen-bond donors (Lipinski definition) is 1. The number of carbonyl (C=O) groups excluding carboxylic acids is 1. The van der Waals surface area contributed by atoms with Crippen LogP contribution in [0.2, 0.25) is 0 Å². The van der Waals surface area contributed by atoms with E-state index in [-0.39, 0.29) is 5.91 Å². The Labute approximate surface area is 137 Å². The summed E-state index contributed by atoms with van der Waals surface area (Å²) in [6.45, 7) is 3.10. The number of nitrogens with one attached hydrogen (secondary N) is 1. The minimum absolute atomic E-state index is 0.0358. The van der Waals surface area contributed by atoms with Crippen LogP contribution in [0.1, 0.15) is 24.0 Å². The Bertz CT molecular complexity index is 623. The highest BCUT2D eigenvalue weighted by Crippen LogP contribution is 2.13. The lowest BCUT2D eigenvalue weighted by Gasteiger charge is -2.08. The maximum atomic E-state index is 11.8. The van der Waals surface area contributed by atoms with E-state index < -0.39 is 0 Å². The third-order valence-electron chi connectivity index (χ3n) is 3.46. The van der Waals surface area contributed by atoms with Gasteiger partial charge < -0.3 is 14.8 Å². The highest BCUT2D eigenvalue weighted by Gasteiger charge is 2.02. The van der Waals surface area contributed by atoms with Crippen molar-refractivity contribution in [1.82, 2.24) is 5.32 Å². The molecule has 4 heteroatoms. The molecule has 0 fully saturated rings. The van der Waals surface area contributed by atoms with Gasteiger partial charge in [0, 0.05) is 13.0 Å². The van der Waals surface area contributed by atoms with Crippen LogP contribution >= 0.6 is 0 Å². The smallest absolute Gasteiger partial charge is 0.220 e. The van der Waals surface area contributed by atoms with Gasteiger partial charge in [0.25, 0.3) is 0 Å². The number of hydrogen-bond acceptors (Lipinski definition) is 3. The number of rotatable bonds is 8. The third-order valence-corrected chi connectivity index (χ3v) is 3.46. The zero-order chi connectivity index (χ0) is 16.5. The van der Waals surface area contributed by atoms with E-state index in [0.717, 1.165) is 17.1 Å². The van der Waals surface area contributed by atoms with E-state index >= 15 is 0 Å². The quantitative estimate of drug-likeness (QED) is 0.759. The predicted molar refractivity (Wildman–Crippen MR) is 90.7 cm³/mol. The van der Waals surface area contributed by atoms with Crippen molar-refractivity contribution < 1.29 is 14.3 Å². The second-order valence-corrected chi connectivity index (χ2v) is 5.39. The molecule has 0 bridgehead atoms. The molecule has 0 saturated carbocycles. The minimum Gasteiger partial charge on any atom is -0.497 e. The first kappa shape index (κ1) is 16.9. The first-order valence-corrected chi connectivity index (χ1v) is 7.76. The summed E-state index contributed by atoms with van der Waals surface area (Å²) in [5.74, 6) is 1.70. The van der Waals surface area contributed by atoms with E-state index in [4.69, 9.17) is 9.47 Å². The molecule has 0 atom stereocenters. The molecule has 0 aliphatic rings. The molecule has 0 aliphatic carbocycles. The molecule has 23 heavy (non-hydrogen) atoms. The number of ether oxygens (including phenoxy) is 2. The van der Waals surface area contributed by atoms with E-state index in [1.807, 2.05) is 55.5 Å². The van der Waals surface area contributed by atoms with Crippen LogP contribution in [0.15, 0.2) is 48.5 Å². The Morgan fingerprint density at radius 2 is 1.87 bits per heavy atom. The average Bonchev–Trinajstić information content (AvgIpc) is 2.57. The fourth-order valence-electron chi connectivity index (χ4n) is 2.16. The Kier molecular flexibility index (Phi) is 6.48. The summed E-state index contributed by atoms with van der Waals surface area (Å²) in [5, 5.41) is 2.91. The van der Waals surface area contributed by atoms with Gasteiger partial charge in [-0.15, -0.1) is 0 Å². The van der Waals surface area contributed by atoms with E-state index in [2.05, 4.69) is 5.32 Å². The topological polar surface area (TPSA) is 47.6 Å². The molecule has 0 aliphatic heterocycles. The molecular formula is C19H23NO3. The summed E-state index contributed by atoms with van der Waals surface area (Å²) in [4.78, 5) is 11.8. The van der Waals surface area contributed by atoms with Gasteiger partial charge in [-0.3, -0.25) is 4.79 Å². The summed E-state index contributed by atoms with van der Waals surface area (Å²) >= 11 is 0. The summed E-state index contributed by atoms with van der Waals surface area (Å²) < 4.78 is 10.7. The van der Waals surface area contributed by atoms with Crippen molar-refractivity contribution in [3.05, 3.63) is 59.7 Å². The molecule has 1 N–H and O–H groups in total. The van der Waals surface area contributed by atoms with Gasteiger partial charge in [0.1, 0.15) is 11.5 Å². The summed E-state index contributed by atoms with van der Waals surface area (Å²) in [5.41, 5.74) is 2.22. The Morgan fingerprint density at radius 1 is 1.09 bits per heavy atom. The van der Waals surface area contributed by atoms with Crippen LogP contribution in [-0.4, -0.2) is 19.6 Å². The van der Waals surface area contributed by atoms with Gasteiger partial charge in [0.05, 0.1) is 13.7 Å². The van der Waals surface area contributed by atoms with Gasteiger partial charge in [-0.25, -0.2) is 0 Å². The number of amides is 1. The molecule has 4 nitrogen and oxygen atoms in total. The van der Waals surface area contributed by atoms with Crippen LogP contribution in [0.4, 0.5) is 0 Å². The van der Waals surface area contributed by atoms with Gasteiger partial charge in [0.15, 0.2) is 0 Å². The van der Waals surface area contributed by atoms with Crippen molar-refractivity contribution in [2.75, 3.05) is 13.7 Å². The zero-order valence-corrected chi connectivity index (χ0v) is 13.7. The molecule has 0 spiro atoms. The molecule has 2 aromatic carbocycles. The first-order chi connectivity index (χ1) is 11.2. The number of aryl methyl sites for hydroxylation is 1. The highest BCUT2D eigenvalue weighted by molar-refractivity contribution is 5.75. The molecule has 0 radical (unpaired) electrons. The molecule has 0 saturated heterocycles. The Hall–Kier alpha value is -2.49. The first-order valence-electron chi connectivity index (χ1n) is 7.76. The van der Waals surface area contributed by atoms with Crippen LogP contribution < -0.4 is 14.8 Å². The van der Waals surface area contributed by atoms with Crippen molar-refractivity contribution >= 4 is 5.91 Å². The molecule has 2 aromatic rings. The standard InChI is InChI=1S/C19H23NO3/c1-15-5-3-6-18(13-15)23-12-4-7-19(21)20-14-16-8-10-17(22-2)11-9-16/h3,5-6,8-11,13H,4,7,12,14H2,1-2H3,(H,20,21). The van der Waals surface area contributed by atoms with Crippen molar-refractivity contribution in [2.24, 2.45) is 0 Å². The maximum absolute atomic E-state index is 11.8. The lowest BCUT2D eigenvalue weighted by molar-refractivity contribution is -0.121. The van der Waals surface area contributed by atoms with Gasteiger partial charge >= 0.3 is 0 Å². The molecule has 2 rings (SSSR count). The second kappa shape index (κ2) is 8.83. The monoisotopic (exact) mass is 313 g/mol. The molecule has 122 valence electrons. The fourth-order valence-corrected chi connectivity index (χ4v) is 2.16. The normalized spacial score (nSPS) is 10.2. The van der Waals surface area contributed by atoms with Gasteiger partial charge in [-0.2, -0.15) is 0 Å². The fraction of sp³-hybridized carbons (Fsp3) is 0.316. The zero-order valence-electron chi connectivity index (χ0n) is 13.7. The van der Waals surface area contributed by atoms with Crippen LogP contribution in [0.25, 0.3) is 0 Å². The maximum Gasteiger partial charge on any atom is 0.220 e. The molecular weight excluding hydrogens is 290 g/mol. The van der Waals surface area contributed by atoms with E-state index in [1.165, 1.54) is 5.56 Å². The highest BCUT2D eigenvalue weighted by atomic mass is 16.5. The van der Waals surface area contributed by atoms with Gasteiger partial charge in [0.2, 0.25) is 5.91 Å². The van der Waals surface area contributed by atoms with Crippen molar-refractivity contribution in [1.29, 1.82) is 0 Å². The average molecular weight is 313 g/mol. The lowest BCUT2D eigenvalue weighted by Crippen LogP contribution is -2.22. The van der Waals surface area contributed by atoms with E-state index in [1.54, 1.807) is 7.11 Å². The number of benzene rings is 2. The molecule has 1 amide bonds. The molecule has 0 aromatic heterocycles. The largest absolute Gasteiger partial charge is 0.497 e. The Balaban J connectivity index is 1.63. The second-order valence-electron chi connectivity index (χ2n) is 5.39.